The Balaban J connectivity index is 3.11. The van der Waals surface area contributed by atoms with Crippen molar-refractivity contribution in [1.29, 1.82) is 0 Å². The minimum atomic E-state index is -4.90. The molecule has 2 unspecified atom stereocenters. The zero-order valence-corrected chi connectivity index (χ0v) is 9.19. The number of alkyl halides is 3. The van der Waals surface area contributed by atoms with Gasteiger partial charge in [0.2, 0.25) is 0 Å². The Morgan fingerprint density at radius 1 is 1.28 bits per heavy atom. The highest BCUT2D eigenvalue weighted by Gasteiger charge is 2.33. The highest BCUT2D eigenvalue weighted by Crippen LogP contribution is 2.33. The SMILES string of the molecule is NCC(O)C(O)c1cc(N)ccc1OC(F)(F)F. The Bertz CT molecular complexity index is 412. The van der Waals surface area contributed by atoms with Crippen LogP contribution in [0.4, 0.5) is 18.9 Å². The molecule has 1 aromatic rings. The lowest BCUT2D eigenvalue weighted by Crippen LogP contribution is -2.28. The minimum absolute atomic E-state index is 0.128. The molecule has 102 valence electrons. The molecule has 18 heavy (non-hydrogen) atoms. The molecule has 0 fully saturated rings. The summed E-state index contributed by atoms with van der Waals surface area (Å²) in [7, 11) is 0. The van der Waals surface area contributed by atoms with Gasteiger partial charge in [-0.1, -0.05) is 0 Å². The Labute approximate surface area is 101 Å². The molecule has 0 saturated heterocycles. The molecular weight excluding hydrogens is 253 g/mol. The predicted molar refractivity (Wildman–Crippen MR) is 57.6 cm³/mol. The molecule has 0 aliphatic rings. The van der Waals surface area contributed by atoms with Gasteiger partial charge in [-0.2, -0.15) is 0 Å². The maximum Gasteiger partial charge on any atom is 0.573 e. The fourth-order valence-corrected chi connectivity index (χ4v) is 1.35. The van der Waals surface area contributed by atoms with Crippen LogP contribution in [-0.4, -0.2) is 29.2 Å². The van der Waals surface area contributed by atoms with Gasteiger partial charge in [0.15, 0.2) is 0 Å². The van der Waals surface area contributed by atoms with Gasteiger partial charge < -0.3 is 26.4 Å². The van der Waals surface area contributed by atoms with Gasteiger partial charge in [0, 0.05) is 17.8 Å². The normalized spacial score (nSPS) is 15.2. The number of anilines is 1. The predicted octanol–water partition coefficient (Wildman–Crippen LogP) is 0.520. The van der Waals surface area contributed by atoms with Crippen molar-refractivity contribution in [2.75, 3.05) is 12.3 Å². The van der Waals surface area contributed by atoms with Crippen LogP contribution in [-0.2, 0) is 0 Å². The van der Waals surface area contributed by atoms with Crippen LogP contribution in [0.15, 0.2) is 18.2 Å². The van der Waals surface area contributed by atoms with Crippen molar-refractivity contribution in [2.24, 2.45) is 5.73 Å². The smallest absolute Gasteiger partial charge is 0.405 e. The molecule has 0 radical (unpaired) electrons. The molecule has 0 saturated carbocycles. The van der Waals surface area contributed by atoms with E-state index in [4.69, 9.17) is 11.5 Å². The average molecular weight is 266 g/mol. The largest absolute Gasteiger partial charge is 0.573 e. The summed E-state index contributed by atoms with van der Waals surface area (Å²) in [6.07, 6.45) is -7.93. The van der Waals surface area contributed by atoms with Crippen LogP contribution >= 0.6 is 0 Å². The van der Waals surface area contributed by atoms with E-state index in [0.29, 0.717) is 0 Å². The van der Waals surface area contributed by atoms with E-state index in [9.17, 15) is 23.4 Å². The highest BCUT2D eigenvalue weighted by atomic mass is 19.4. The van der Waals surface area contributed by atoms with Gasteiger partial charge in [-0.05, 0) is 18.2 Å². The summed E-state index contributed by atoms with van der Waals surface area (Å²) in [5.74, 6) is -0.628. The Morgan fingerprint density at radius 3 is 2.39 bits per heavy atom. The number of ether oxygens (including phenoxy) is 1. The van der Waals surface area contributed by atoms with Gasteiger partial charge >= 0.3 is 6.36 Å². The second-order valence-corrected chi connectivity index (χ2v) is 3.59. The zero-order valence-electron chi connectivity index (χ0n) is 9.19. The molecule has 0 bridgehead atoms. The van der Waals surface area contributed by atoms with Gasteiger partial charge in [-0.3, -0.25) is 0 Å². The molecule has 0 spiro atoms. The number of hydrogen-bond donors (Lipinski definition) is 4. The van der Waals surface area contributed by atoms with E-state index in [1.54, 1.807) is 0 Å². The van der Waals surface area contributed by atoms with Crippen LogP contribution in [0.25, 0.3) is 0 Å². The topological polar surface area (TPSA) is 102 Å². The summed E-state index contributed by atoms with van der Waals surface area (Å²) in [5, 5.41) is 19.0. The first kappa shape index (κ1) is 14.6. The van der Waals surface area contributed by atoms with E-state index in [1.165, 1.54) is 6.07 Å². The molecule has 5 nitrogen and oxygen atoms in total. The Kier molecular flexibility index (Phi) is 4.38. The van der Waals surface area contributed by atoms with Crippen LogP contribution < -0.4 is 16.2 Å². The molecule has 0 aliphatic heterocycles. The third-order valence-electron chi connectivity index (χ3n) is 2.18. The summed E-state index contributed by atoms with van der Waals surface area (Å²) < 4.78 is 40.2. The van der Waals surface area contributed by atoms with Gasteiger partial charge in [-0.25, -0.2) is 0 Å². The molecule has 0 aliphatic carbocycles. The van der Waals surface area contributed by atoms with Crippen LogP contribution in [0.5, 0.6) is 5.75 Å². The summed E-state index contributed by atoms with van der Waals surface area (Å²) in [5.41, 5.74) is 10.4. The fourth-order valence-electron chi connectivity index (χ4n) is 1.35. The molecule has 8 heteroatoms. The van der Waals surface area contributed by atoms with Crippen molar-refractivity contribution in [2.45, 2.75) is 18.6 Å². The summed E-state index contributed by atoms with van der Waals surface area (Å²) in [4.78, 5) is 0. The summed E-state index contributed by atoms with van der Waals surface area (Å²) in [6, 6.07) is 3.24. The first-order valence-corrected chi connectivity index (χ1v) is 4.96. The van der Waals surface area contributed by atoms with Crippen molar-refractivity contribution in [3.05, 3.63) is 23.8 Å². The molecule has 1 aromatic carbocycles. The van der Waals surface area contributed by atoms with Crippen molar-refractivity contribution in [3.8, 4) is 5.75 Å². The van der Waals surface area contributed by atoms with Crippen molar-refractivity contribution in [3.63, 3.8) is 0 Å². The van der Waals surface area contributed by atoms with E-state index in [2.05, 4.69) is 4.74 Å². The number of rotatable bonds is 4. The number of aliphatic hydroxyl groups excluding tert-OH is 2. The summed E-state index contributed by atoms with van der Waals surface area (Å²) in [6.45, 7) is -0.318. The molecule has 2 atom stereocenters. The van der Waals surface area contributed by atoms with Crippen LogP contribution in [0, 0.1) is 0 Å². The van der Waals surface area contributed by atoms with Gasteiger partial charge in [0.05, 0.1) is 6.10 Å². The van der Waals surface area contributed by atoms with Crippen LogP contribution in [0.2, 0.25) is 0 Å². The van der Waals surface area contributed by atoms with Crippen molar-refractivity contribution < 1.29 is 28.1 Å². The lowest BCUT2D eigenvalue weighted by molar-refractivity contribution is -0.275. The third-order valence-corrected chi connectivity index (χ3v) is 2.18. The molecule has 6 N–H and O–H groups in total. The van der Waals surface area contributed by atoms with E-state index in [0.717, 1.165) is 12.1 Å². The molecule has 0 aromatic heterocycles. The van der Waals surface area contributed by atoms with E-state index in [-0.39, 0.29) is 17.8 Å². The number of nitrogen functional groups attached to an aromatic ring is 1. The van der Waals surface area contributed by atoms with E-state index in [1.807, 2.05) is 0 Å². The lowest BCUT2D eigenvalue weighted by Gasteiger charge is -2.20. The van der Waals surface area contributed by atoms with Crippen LogP contribution in [0.3, 0.4) is 0 Å². The Hall–Kier alpha value is -1.51. The number of benzene rings is 1. The minimum Gasteiger partial charge on any atom is -0.405 e. The fraction of sp³-hybridized carbons (Fsp3) is 0.400. The van der Waals surface area contributed by atoms with E-state index < -0.39 is 24.3 Å². The molecule has 1 rings (SSSR count). The summed E-state index contributed by atoms with van der Waals surface area (Å²) >= 11 is 0. The maximum atomic E-state index is 12.1. The first-order valence-electron chi connectivity index (χ1n) is 4.96. The van der Waals surface area contributed by atoms with E-state index >= 15 is 0 Å². The number of halogens is 3. The monoisotopic (exact) mass is 266 g/mol. The quantitative estimate of drug-likeness (QED) is 0.595. The van der Waals surface area contributed by atoms with Gasteiger partial charge in [0.1, 0.15) is 11.9 Å². The number of aliphatic hydroxyl groups is 2. The first-order chi connectivity index (χ1) is 8.24. The van der Waals surface area contributed by atoms with Gasteiger partial charge in [0.25, 0.3) is 0 Å². The molecule has 0 heterocycles. The average Bonchev–Trinajstić information content (AvgIpc) is 2.27. The van der Waals surface area contributed by atoms with Crippen LogP contribution in [0.1, 0.15) is 11.7 Å². The molecular formula is C10H13F3N2O3. The van der Waals surface area contributed by atoms with Gasteiger partial charge in [-0.15, -0.1) is 13.2 Å². The second-order valence-electron chi connectivity index (χ2n) is 3.59. The second kappa shape index (κ2) is 5.42. The molecule has 0 amide bonds. The van der Waals surface area contributed by atoms with Crippen molar-refractivity contribution >= 4 is 5.69 Å². The zero-order chi connectivity index (χ0) is 13.9. The number of nitrogens with two attached hydrogens (primary N) is 2. The maximum absolute atomic E-state index is 12.1. The third kappa shape index (κ3) is 3.76. The Morgan fingerprint density at radius 2 is 1.89 bits per heavy atom. The standard InChI is InChI=1S/C10H13F3N2O3/c11-10(12,13)18-8-2-1-5(15)3-6(8)9(17)7(16)4-14/h1-3,7,9,16-17H,4,14-15H2. The van der Waals surface area contributed by atoms with Crippen molar-refractivity contribution in [1.82, 2.24) is 0 Å². The number of hydrogen-bond acceptors (Lipinski definition) is 5. The lowest BCUT2D eigenvalue weighted by atomic mass is 10.0. The highest BCUT2D eigenvalue weighted by molar-refractivity contribution is 5.49.